The van der Waals surface area contributed by atoms with Crippen LogP contribution in [0.25, 0.3) is 0 Å². The number of likely N-dealkylation sites (N-methyl/N-ethyl adjacent to an activating group) is 1. The van der Waals surface area contributed by atoms with Crippen LogP contribution < -0.4 is 5.32 Å². The third-order valence-electron chi connectivity index (χ3n) is 3.14. The second-order valence-corrected chi connectivity index (χ2v) is 6.16. The molecule has 1 unspecified atom stereocenters. The van der Waals surface area contributed by atoms with E-state index in [2.05, 4.69) is 45.0 Å². The van der Waals surface area contributed by atoms with Crippen LogP contribution in [0.1, 0.15) is 34.1 Å². The minimum Gasteiger partial charge on any atom is -0.338 e. The minimum atomic E-state index is 0.00153. The second kappa shape index (κ2) is 5.83. The lowest BCUT2D eigenvalue weighted by Gasteiger charge is -2.30. The van der Waals surface area contributed by atoms with Crippen LogP contribution in [0.3, 0.4) is 0 Å². The Morgan fingerprint density at radius 1 is 1.35 bits per heavy atom. The SMILES string of the molecule is CC1CN(C)CCCN1C(=O)CNC(C)(C)C. The van der Waals surface area contributed by atoms with E-state index in [-0.39, 0.29) is 11.4 Å². The van der Waals surface area contributed by atoms with Gasteiger partial charge >= 0.3 is 0 Å². The Bertz CT molecular complexity index is 260. The molecule has 1 aliphatic heterocycles. The van der Waals surface area contributed by atoms with Crippen molar-refractivity contribution in [1.82, 2.24) is 15.1 Å². The van der Waals surface area contributed by atoms with E-state index >= 15 is 0 Å². The molecule has 1 heterocycles. The van der Waals surface area contributed by atoms with E-state index in [1.54, 1.807) is 0 Å². The lowest BCUT2D eigenvalue weighted by atomic mass is 10.1. The van der Waals surface area contributed by atoms with Crippen molar-refractivity contribution in [3.05, 3.63) is 0 Å². The van der Waals surface area contributed by atoms with Gasteiger partial charge in [-0.3, -0.25) is 4.79 Å². The molecule has 0 aromatic rings. The summed E-state index contributed by atoms with van der Waals surface area (Å²) < 4.78 is 0. The van der Waals surface area contributed by atoms with Crippen molar-refractivity contribution in [3.8, 4) is 0 Å². The monoisotopic (exact) mass is 241 g/mol. The summed E-state index contributed by atoms with van der Waals surface area (Å²) in [6, 6.07) is 0.316. The number of hydrogen-bond acceptors (Lipinski definition) is 3. The van der Waals surface area contributed by atoms with Gasteiger partial charge in [-0.1, -0.05) is 0 Å². The van der Waals surface area contributed by atoms with E-state index in [9.17, 15) is 4.79 Å². The van der Waals surface area contributed by atoms with Crippen molar-refractivity contribution in [1.29, 1.82) is 0 Å². The van der Waals surface area contributed by atoms with Gasteiger partial charge in [-0.2, -0.15) is 0 Å². The molecule has 0 saturated carbocycles. The first kappa shape index (κ1) is 14.5. The lowest BCUT2D eigenvalue weighted by Crippen LogP contribution is -2.48. The molecule has 1 atom stereocenters. The van der Waals surface area contributed by atoms with Crippen LogP contribution in [-0.4, -0.2) is 60.5 Å². The molecule has 1 rings (SSSR count). The van der Waals surface area contributed by atoms with Crippen LogP contribution in [0, 0.1) is 0 Å². The van der Waals surface area contributed by atoms with E-state index < -0.39 is 0 Å². The topological polar surface area (TPSA) is 35.6 Å². The third kappa shape index (κ3) is 5.04. The van der Waals surface area contributed by atoms with Gasteiger partial charge in [0.2, 0.25) is 5.91 Å². The number of carbonyl (C=O) groups is 1. The predicted molar refractivity (Wildman–Crippen MR) is 71.0 cm³/mol. The average molecular weight is 241 g/mol. The van der Waals surface area contributed by atoms with Crippen molar-refractivity contribution >= 4 is 5.91 Å². The predicted octanol–water partition coefficient (Wildman–Crippen LogP) is 0.927. The molecule has 0 spiro atoms. The quantitative estimate of drug-likeness (QED) is 0.781. The zero-order chi connectivity index (χ0) is 13.1. The average Bonchev–Trinajstić information content (AvgIpc) is 2.34. The Morgan fingerprint density at radius 3 is 2.59 bits per heavy atom. The molecular formula is C13H27N3O. The molecule has 100 valence electrons. The Hall–Kier alpha value is -0.610. The highest BCUT2D eigenvalue weighted by Gasteiger charge is 2.24. The maximum absolute atomic E-state index is 12.2. The van der Waals surface area contributed by atoms with Gasteiger partial charge < -0.3 is 15.1 Å². The fourth-order valence-electron chi connectivity index (χ4n) is 2.19. The zero-order valence-corrected chi connectivity index (χ0v) is 11.9. The molecule has 0 aromatic carbocycles. The molecule has 1 fully saturated rings. The summed E-state index contributed by atoms with van der Waals surface area (Å²) in [5, 5.41) is 3.27. The normalized spacial score (nSPS) is 23.6. The van der Waals surface area contributed by atoms with E-state index in [0.717, 1.165) is 26.1 Å². The highest BCUT2D eigenvalue weighted by atomic mass is 16.2. The summed E-state index contributed by atoms with van der Waals surface area (Å²) in [5.41, 5.74) is 0.00153. The molecule has 4 heteroatoms. The van der Waals surface area contributed by atoms with Crippen LogP contribution in [0.15, 0.2) is 0 Å². The van der Waals surface area contributed by atoms with Gasteiger partial charge in [0, 0.05) is 24.7 Å². The van der Waals surface area contributed by atoms with Crippen molar-refractivity contribution in [3.63, 3.8) is 0 Å². The van der Waals surface area contributed by atoms with Crippen LogP contribution in [0.5, 0.6) is 0 Å². The van der Waals surface area contributed by atoms with Gasteiger partial charge in [-0.25, -0.2) is 0 Å². The maximum Gasteiger partial charge on any atom is 0.236 e. The fraction of sp³-hybridized carbons (Fsp3) is 0.923. The molecule has 4 nitrogen and oxygen atoms in total. The number of nitrogens with zero attached hydrogens (tertiary/aromatic N) is 2. The highest BCUT2D eigenvalue weighted by molar-refractivity contribution is 5.78. The summed E-state index contributed by atoms with van der Waals surface area (Å²) in [6.45, 7) is 11.8. The molecule has 1 amide bonds. The lowest BCUT2D eigenvalue weighted by molar-refractivity contribution is -0.132. The summed E-state index contributed by atoms with van der Waals surface area (Å²) in [7, 11) is 2.12. The van der Waals surface area contributed by atoms with Crippen LogP contribution in [-0.2, 0) is 4.79 Å². The Morgan fingerprint density at radius 2 is 2.00 bits per heavy atom. The number of nitrogens with one attached hydrogen (secondary N) is 1. The van der Waals surface area contributed by atoms with E-state index in [1.165, 1.54) is 0 Å². The van der Waals surface area contributed by atoms with Crippen molar-refractivity contribution in [2.24, 2.45) is 0 Å². The Balaban J connectivity index is 2.50. The van der Waals surface area contributed by atoms with Crippen molar-refractivity contribution in [2.75, 3.05) is 33.2 Å². The van der Waals surface area contributed by atoms with E-state index in [1.807, 2.05) is 4.90 Å². The van der Waals surface area contributed by atoms with Crippen LogP contribution in [0.4, 0.5) is 0 Å². The summed E-state index contributed by atoms with van der Waals surface area (Å²) in [6.07, 6.45) is 1.07. The molecule has 0 bridgehead atoms. The largest absolute Gasteiger partial charge is 0.338 e. The van der Waals surface area contributed by atoms with Crippen LogP contribution >= 0.6 is 0 Å². The molecule has 1 saturated heterocycles. The number of amides is 1. The number of rotatable bonds is 2. The summed E-state index contributed by atoms with van der Waals surface area (Å²) >= 11 is 0. The first-order chi connectivity index (χ1) is 7.79. The summed E-state index contributed by atoms with van der Waals surface area (Å²) in [4.78, 5) is 16.5. The first-order valence-corrected chi connectivity index (χ1v) is 6.52. The van der Waals surface area contributed by atoms with Gasteiger partial charge in [0.25, 0.3) is 0 Å². The smallest absolute Gasteiger partial charge is 0.236 e. The maximum atomic E-state index is 12.2. The standard InChI is InChI=1S/C13H27N3O/c1-11-10-15(5)7-6-8-16(11)12(17)9-14-13(2,3)4/h11,14H,6-10H2,1-5H3. The Kier molecular flexibility index (Phi) is 4.95. The van der Waals surface area contributed by atoms with Gasteiger partial charge in [-0.15, -0.1) is 0 Å². The van der Waals surface area contributed by atoms with Crippen molar-refractivity contribution in [2.45, 2.75) is 45.7 Å². The molecular weight excluding hydrogens is 214 g/mol. The number of carbonyl (C=O) groups excluding carboxylic acids is 1. The van der Waals surface area contributed by atoms with Gasteiger partial charge in [-0.05, 0) is 47.7 Å². The zero-order valence-electron chi connectivity index (χ0n) is 11.9. The molecule has 1 aliphatic rings. The highest BCUT2D eigenvalue weighted by Crippen LogP contribution is 2.09. The van der Waals surface area contributed by atoms with Crippen molar-refractivity contribution < 1.29 is 4.79 Å². The van der Waals surface area contributed by atoms with E-state index in [0.29, 0.717) is 12.6 Å². The molecule has 0 radical (unpaired) electrons. The van der Waals surface area contributed by atoms with Gasteiger partial charge in [0.05, 0.1) is 6.54 Å². The van der Waals surface area contributed by atoms with Crippen LogP contribution in [0.2, 0.25) is 0 Å². The molecule has 0 aromatic heterocycles. The minimum absolute atomic E-state index is 0.00153. The van der Waals surface area contributed by atoms with E-state index in [4.69, 9.17) is 0 Å². The molecule has 1 N–H and O–H groups in total. The second-order valence-electron chi connectivity index (χ2n) is 6.16. The third-order valence-corrected chi connectivity index (χ3v) is 3.14. The number of hydrogen-bond donors (Lipinski definition) is 1. The Labute approximate surface area is 105 Å². The fourth-order valence-corrected chi connectivity index (χ4v) is 2.19. The van der Waals surface area contributed by atoms with Gasteiger partial charge in [0.1, 0.15) is 0 Å². The molecule has 17 heavy (non-hydrogen) atoms. The van der Waals surface area contributed by atoms with Gasteiger partial charge in [0.15, 0.2) is 0 Å². The summed E-state index contributed by atoms with van der Waals surface area (Å²) in [5.74, 6) is 0.225. The molecule has 0 aliphatic carbocycles. The first-order valence-electron chi connectivity index (χ1n) is 6.52.